The molecule has 0 aliphatic rings. The first kappa shape index (κ1) is 23.2. The van der Waals surface area contributed by atoms with Gasteiger partial charge in [0.1, 0.15) is 4.21 Å². The average Bonchev–Trinajstić information content (AvgIpc) is 3.18. The molecule has 160 valence electrons. The quantitative estimate of drug-likeness (QED) is 0.664. The number of benzene rings is 1. The maximum Gasteiger partial charge on any atom is 0.416 e. The molecule has 0 spiro atoms. The smallest absolute Gasteiger partial charge is 0.370 e. The van der Waals surface area contributed by atoms with Crippen molar-refractivity contribution in [2.24, 2.45) is 0 Å². The number of hydrogen-bond donors (Lipinski definition) is 1. The first-order valence-corrected chi connectivity index (χ1v) is 11.1. The van der Waals surface area contributed by atoms with E-state index in [0.29, 0.717) is 18.8 Å². The third kappa shape index (κ3) is 5.49. The van der Waals surface area contributed by atoms with Crippen molar-refractivity contribution in [2.45, 2.75) is 24.2 Å². The van der Waals surface area contributed by atoms with Crippen LogP contribution in [0, 0.1) is 0 Å². The fraction of sp³-hybridized carbons (Fsp3) is 0.389. The molecule has 0 atom stereocenters. The lowest BCUT2D eigenvalue weighted by Crippen LogP contribution is -2.35. The summed E-state index contributed by atoms with van der Waals surface area (Å²) in [6.45, 7) is 4.20. The summed E-state index contributed by atoms with van der Waals surface area (Å²) >= 11 is 1.01. The van der Waals surface area contributed by atoms with Crippen LogP contribution >= 0.6 is 11.3 Å². The van der Waals surface area contributed by atoms with Gasteiger partial charge in [0.05, 0.1) is 23.5 Å². The zero-order valence-corrected chi connectivity index (χ0v) is 17.8. The fourth-order valence-electron chi connectivity index (χ4n) is 2.69. The largest absolute Gasteiger partial charge is 0.416 e. The van der Waals surface area contributed by atoms with Crippen LogP contribution in [-0.4, -0.2) is 45.3 Å². The molecule has 0 radical (unpaired) electrons. The van der Waals surface area contributed by atoms with E-state index in [0.717, 1.165) is 27.8 Å². The van der Waals surface area contributed by atoms with E-state index in [2.05, 4.69) is 5.32 Å². The number of carbonyl (C=O) groups excluding carboxylic acids is 1. The minimum atomic E-state index is -4.57. The minimum Gasteiger partial charge on any atom is -0.370 e. The number of nitrogens with one attached hydrogen (secondary N) is 1. The molecule has 0 saturated carbocycles. The first-order chi connectivity index (χ1) is 13.5. The highest BCUT2D eigenvalue weighted by molar-refractivity contribution is 7.91. The van der Waals surface area contributed by atoms with Crippen molar-refractivity contribution in [3.8, 4) is 0 Å². The highest BCUT2D eigenvalue weighted by atomic mass is 32.2. The number of anilines is 2. The van der Waals surface area contributed by atoms with Crippen molar-refractivity contribution in [1.82, 2.24) is 4.31 Å². The lowest BCUT2D eigenvalue weighted by Gasteiger charge is -2.25. The van der Waals surface area contributed by atoms with Gasteiger partial charge in [0.15, 0.2) is 0 Å². The third-order valence-electron chi connectivity index (χ3n) is 4.23. The third-order valence-corrected chi connectivity index (χ3v) is 7.40. The van der Waals surface area contributed by atoms with E-state index >= 15 is 0 Å². The van der Waals surface area contributed by atoms with Gasteiger partial charge < -0.3 is 10.2 Å². The summed E-state index contributed by atoms with van der Waals surface area (Å²) in [7, 11) is -2.61. The summed E-state index contributed by atoms with van der Waals surface area (Å²) < 4.78 is 65.1. The Labute approximate surface area is 172 Å². The van der Waals surface area contributed by atoms with Gasteiger partial charge in [-0.3, -0.25) is 4.79 Å². The van der Waals surface area contributed by atoms with Crippen LogP contribution in [0.15, 0.2) is 39.9 Å². The number of amides is 1. The zero-order chi connectivity index (χ0) is 21.8. The molecule has 0 saturated heterocycles. The predicted octanol–water partition coefficient (Wildman–Crippen LogP) is 3.87. The standard InChI is InChI=1S/C18H22F3N3O3S2/c1-4-24(5-2)15-9-8-13(18(19,20)21)11-14(15)22-16(25)12-23(3)29(26,27)17-7-6-10-28-17/h6-11H,4-5,12H2,1-3H3,(H,22,25). The Bertz CT molecular complexity index is 941. The molecule has 11 heteroatoms. The Morgan fingerprint density at radius 3 is 2.34 bits per heavy atom. The predicted molar refractivity (Wildman–Crippen MR) is 108 cm³/mol. The molecular formula is C18H22F3N3O3S2. The van der Waals surface area contributed by atoms with Gasteiger partial charge in [-0.15, -0.1) is 11.3 Å². The molecule has 0 aliphatic heterocycles. The number of hydrogen-bond acceptors (Lipinski definition) is 5. The van der Waals surface area contributed by atoms with E-state index < -0.39 is 34.2 Å². The molecular weight excluding hydrogens is 427 g/mol. The van der Waals surface area contributed by atoms with Crippen molar-refractivity contribution < 1.29 is 26.4 Å². The summed E-state index contributed by atoms with van der Waals surface area (Å²) in [6, 6.07) is 6.11. The monoisotopic (exact) mass is 449 g/mol. The average molecular weight is 450 g/mol. The second-order valence-electron chi connectivity index (χ2n) is 6.14. The minimum absolute atomic E-state index is 0.0181. The number of thiophene rings is 1. The van der Waals surface area contributed by atoms with Crippen LogP contribution in [0.2, 0.25) is 0 Å². The molecule has 1 amide bonds. The topological polar surface area (TPSA) is 69.7 Å². The van der Waals surface area contributed by atoms with E-state index in [1.807, 2.05) is 13.8 Å². The lowest BCUT2D eigenvalue weighted by molar-refractivity contribution is -0.137. The molecule has 29 heavy (non-hydrogen) atoms. The van der Waals surface area contributed by atoms with E-state index in [1.54, 1.807) is 16.3 Å². The summed E-state index contributed by atoms with van der Waals surface area (Å²) in [5, 5.41) is 4.03. The van der Waals surface area contributed by atoms with Gasteiger partial charge in [-0.1, -0.05) is 6.07 Å². The molecule has 2 aromatic rings. The Hall–Kier alpha value is -2.11. The molecule has 2 rings (SSSR count). The molecule has 0 bridgehead atoms. The first-order valence-electron chi connectivity index (χ1n) is 8.76. The second kappa shape index (κ2) is 9.14. The normalized spacial score (nSPS) is 12.2. The molecule has 1 aromatic carbocycles. The summed E-state index contributed by atoms with van der Waals surface area (Å²) in [5.41, 5.74) is -0.487. The molecule has 0 fully saturated rings. The summed E-state index contributed by atoms with van der Waals surface area (Å²) in [6.07, 6.45) is -4.57. The van der Waals surface area contributed by atoms with Gasteiger partial charge in [0.25, 0.3) is 10.0 Å². The van der Waals surface area contributed by atoms with Crippen molar-refractivity contribution in [3.63, 3.8) is 0 Å². The van der Waals surface area contributed by atoms with E-state index in [9.17, 15) is 26.4 Å². The number of likely N-dealkylation sites (N-methyl/N-ethyl adjacent to an activating group) is 1. The molecule has 0 unspecified atom stereocenters. The number of halogens is 3. The van der Waals surface area contributed by atoms with Gasteiger partial charge in [0, 0.05) is 20.1 Å². The van der Waals surface area contributed by atoms with E-state index in [1.165, 1.54) is 19.2 Å². The van der Waals surface area contributed by atoms with Crippen LogP contribution in [0.3, 0.4) is 0 Å². The van der Waals surface area contributed by atoms with Crippen molar-refractivity contribution in [2.75, 3.05) is 36.9 Å². The van der Waals surface area contributed by atoms with Crippen LogP contribution < -0.4 is 10.2 Å². The molecule has 0 aliphatic carbocycles. The highest BCUT2D eigenvalue weighted by Crippen LogP contribution is 2.35. The summed E-state index contributed by atoms with van der Waals surface area (Å²) in [5.74, 6) is -0.736. The Morgan fingerprint density at radius 1 is 1.17 bits per heavy atom. The number of carbonyl (C=O) groups is 1. The van der Waals surface area contributed by atoms with Crippen molar-refractivity contribution in [1.29, 1.82) is 0 Å². The van der Waals surface area contributed by atoms with Gasteiger partial charge in [-0.25, -0.2) is 8.42 Å². The Balaban J connectivity index is 2.27. The highest BCUT2D eigenvalue weighted by Gasteiger charge is 2.32. The maximum atomic E-state index is 13.1. The number of rotatable bonds is 8. The van der Waals surface area contributed by atoms with Crippen LogP contribution in [0.5, 0.6) is 0 Å². The van der Waals surface area contributed by atoms with Crippen LogP contribution in [0.1, 0.15) is 19.4 Å². The molecule has 1 N–H and O–H groups in total. The van der Waals surface area contributed by atoms with Crippen molar-refractivity contribution >= 4 is 38.6 Å². The fourth-order valence-corrected chi connectivity index (χ4v) is 5.02. The number of alkyl halides is 3. The van der Waals surface area contributed by atoms with Crippen LogP contribution in [-0.2, 0) is 21.0 Å². The van der Waals surface area contributed by atoms with Gasteiger partial charge >= 0.3 is 6.18 Å². The van der Waals surface area contributed by atoms with Crippen LogP contribution in [0.25, 0.3) is 0 Å². The Kier molecular flexibility index (Phi) is 7.30. The molecule has 1 heterocycles. The van der Waals surface area contributed by atoms with E-state index in [-0.39, 0.29) is 9.90 Å². The zero-order valence-electron chi connectivity index (χ0n) is 16.2. The van der Waals surface area contributed by atoms with Gasteiger partial charge in [0.2, 0.25) is 5.91 Å². The molecule has 1 aromatic heterocycles. The SMILES string of the molecule is CCN(CC)c1ccc(C(F)(F)F)cc1NC(=O)CN(C)S(=O)(=O)c1cccs1. The van der Waals surface area contributed by atoms with Gasteiger partial charge in [-0.05, 0) is 43.5 Å². The number of sulfonamides is 1. The van der Waals surface area contributed by atoms with Crippen LogP contribution in [0.4, 0.5) is 24.5 Å². The molecule has 6 nitrogen and oxygen atoms in total. The second-order valence-corrected chi connectivity index (χ2v) is 9.36. The van der Waals surface area contributed by atoms with Gasteiger partial charge in [-0.2, -0.15) is 17.5 Å². The summed E-state index contributed by atoms with van der Waals surface area (Å²) in [4.78, 5) is 14.2. The maximum absolute atomic E-state index is 13.1. The lowest BCUT2D eigenvalue weighted by atomic mass is 10.1. The Morgan fingerprint density at radius 2 is 1.83 bits per heavy atom. The van der Waals surface area contributed by atoms with Crippen molar-refractivity contribution in [3.05, 3.63) is 41.3 Å². The van der Waals surface area contributed by atoms with E-state index in [4.69, 9.17) is 0 Å². The number of nitrogens with zero attached hydrogens (tertiary/aromatic N) is 2.